The number of aliphatic carboxylic acids is 1. The minimum Gasteiger partial charge on any atom is -0.481 e. The summed E-state index contributed by atoms with van der Waals surface area (Å²) in [7, 11) is 0. The summed E-state index contributed by atoms with van der Waals surface area (Å²) in [6.45, 7) is 3.62. The fraction of sp³-hybridized carbons (Fsp3) is 0.364. The standard InChI is InChI=1S/C11H14FNO2/c1-7-5-9(3-4-10(7)12)13-6-8(2)11(14)15/h3-5,8,13H,6H2,1-2H3,(H,14,15). The molecular weight excluding hydrogens is 197 g/mol. The van der Waals surface area contributed by atoms with E-state index >= 15 is 0 Å². The van der Waals surface area contributed by atoms with Gasteiger partial charge in [0.15, 0.2) is 0 Å². The zero-order valence-corrected chi connectivity index (χ0v) is 8.75. The number of aryl methyl sites for hydroxylation is 1. The van der Waals surface area contributed by atoms with Crippen LogP contribution < -0.4 is 5.32 Å². The predicted molar refractivity (Wildman–Crippen MR) is 56.4 cm³/mol. The Morgan fingerprint density at radius 1 is 1.60 bits per heavy atom. The van der Waals surface area contributed by atoms with Crippen LogP contribution in [0.4, 0.5) is 10.1 Å². The SMILES string of the molecule is Cc1cc(NCC(C)C(=O)O)ccc1F. The molecule has 0 fully saturated rings. The van der Waals surface area contributed by atoms with Crippen LogP contribution in [0, 0.1) is 18.7 Å². The molecule has 1 rings (SSSR count). The fourth-order valence-electron chi connectivity index (χ4n) is 1.11. The second kappa shape index (κ2) is 4.77. The van der Waals surface area contributed by atoms with Gasteiger partial charge in [0.2, 0.25) is 0 Å². The summed E-state index contributed by atoms with van der Waals surface area (Å²) in [5.41, 5.74) is 1.28. The molecule has 0 heterocycles. The molecule has 0 saturated heterocycles. The van der Waals surface area contributed by atoms with E-state index in [9.17, 15) is 9.18 Å². The monoisotopic (exact) mass is 211 g/mol. The molecule has 0 aliphatic rings. The Morgan fingerprint density at radius 3 is 2.80 bits per heavy atom. The summed E-state index contributed by atoms with van der Waals surface area (Å²) in [6.07, 6.45) is 0. The first kappa shape index (κ1) is 11.5. The Balaban J connectivity index is 2.58. The number of rotatable bonds is 4. The number of carbonyl (C=O) groups is 1. The van der Waals surface area contributed by atoms with Gasteiger partial charge in [-0.25, -0.2) is 4.39 Å². The molecule has 0 spiro atoms. The van der Waals surface area contributed by atoms with Crippen molar-refractivity contribution in [1.29, 1.82) is 0 Å². The third-order valence-corrected chi connectivity index (χ3v) is 2.19. The number of anilines is 1. The maximum Gasteiger partial charge on any atom is 0.308 e. The van der Waals surface area contributed by atoms with Crippen LogP contribution in [0.1, 0.15) is 12.5 Å². The lowest BCUT2D eigenvalue weighted by Crippen LogP contribution is -2.19. The lowest BCUT2D eigenvalue weighted by Gasteiger charge is -2.10. The highest BCUT2D eigenvalue weighted by Crippen LogP contribution is 2.13. The molecule has 0 aromatic heterocycles. The van der Waals surface area contributed by atoms with Crippen molar-refractivity contribution in [3.63, 3.8) is 0 Å². The fourth-order valence-corrected chi connectivity index (χ4v) is 1.11. The van der Waals surface area contributed by atoms with Gasteiger partial charge in [-0.2, -0.15) is 0 Å². The Bertz CT molecular complexity index is 366. The molecule has 1 aromatic carbocycles. The van der Waals surface area contributed by atoms with Crippen LogP contribution >= 0.6 is 0 Å². The molecule has 4 heteroatoms. The molecule has 0 saturated carbocycles. The number of benzene rings is 1. The van der Waals surface area contributed by atoms with Crippen LogP contribution in [-0.4, -0.2) is 17.6 Å². The summed E-state index contributed by atoms with van der Waals surface area (Å²) >= 11 is 0. The first-order chi connectivity index (χ1) is 7.00. The van der Waals surface area contributed by atoms with E-state index in [1.807, 2.05) is 0 Å². The second-order valence-corrected chi connectivity index (χ2v) is 3.58. The lowest BCUT2D eigenvalue weighted by molar-refractivity contribution is -0.140. The molecule has 1 unspecified atom stereocenters. The van der Waals surface area contributed by atoms with Crippen molar-refractivity contribution in [2.24, 2.45) is 5.92 Å². The third-order valence-electron chi connectivity index (χ3n) is 2.19. The number of halogens is 1. The summed E-state index contributed by atoms with van der Waals surface area (Å²) in [5.74, 6) is -1.57. The minimum atomic E-state index is -0.846. The summed E-state index contributed by atoms with van der Waals surface area (Å²) in [4.78, 5) is 10.5. The number of nitrogens with one attached hydrogen (secondary N) is 1. The quantitative estimate of drug-likeness (QED) is 0.803. The average Bonchev–Trinajstić information content (AvgIpc) is 2.19. The molecule has 3 nitrogen and oxygen atoms in total. The van der Waals surface area contributed by atoms with Gasteiger partial charge in [0.1, 0.15) is 5.82 Å². The highest BCUT2D eigenvalue weighted by atomic mass is 19.1. The summed E-state index contributed by atoms with van der Waals surface area (Å²) in [5, 5.41) is 11.6. The van der Waals surface area contributed by atoms with Gasteiger partial charge in [-0.3, -0.25) is 4.79 Å². The van der Waals surface area contributed by atoms with Crippen LogP contribution in [0.15, 0.2) is 18.2 Å². The average molecular weight is 211 g/mol. The molecule has 0 bridgehead atoms. The summed E-state index contributed by atoms with van der Waals surface area (Å²) < 4.78 is 12.9. The highest BCUT2D eigenvalue weighted by molar-refractivity contribution is 5.70. The Hall–Kier alpha value is -1.58. The van der Waals surface area contributed by atoms with Gasteiger partial charge in [0.05, 0.1) is 5.92 Å². The van der Waals surface area contributed by atoms with Gasteiger partial charge in [-0.05, 0) is 30.7 Å². The topological polar surface area (TPSA) is 49.3 Å². The molecule has 0 radical (unpaired) electrons. The Morgan fingerprint density at radius 2 is 2.27 bits per heavy atom. The van der Waals surface area contributed by atoms with Gasteiger partial charge in [0.25, 0.3) is 0 Å². The predicted octanol–water partition coefficient (Wildman–Crippen LogP) is 2.27. The zero-order valence-electron chi connectivity index (χ0n) is 8.75. The molecule has 1 aromatic rings. The molecule has 82 valence electrons. The van der Waals surface area contributed by atoms with E-state index < -0.39 is 11.9 Å². The van der Waals surface area contributed by atoms with Gasteiger partial charge in [0, 0.05) is 12.2 Å². The van der Waals surface area contributed by atoms with Crippen LogP contribution in [0.3, 0.4) is 0 Å². The molecular formula is C11H14FNO2. The van der Waals surface area contributed by atoms with E-state index in [1.54, 1.807) is 26.0 Å². The molecule has 0 aliphatic carbocycles. The van der Waals surface area contributed by atoms with Crippen LogP contribution in [0.2, 0.25) is 0 Å². The minimum absolute atomic E-state index is 0.258. The zero-order chi connectivity index (χ0) is 11.4. The molecule has 15 heavy (non-hydrogen) atoms. The van der Waals surface area contributed by atoms with Crippen molar-refractivity contribution in [2.45, 2.75) is 13.8 Å². The van der Waals surface area contributed by atoms with Crippen molar-refractivity contribution in [2.75, 3.05) is 11.9 Å². The second-order valence-electron chi connectivity index (χ2n) is 3.58. The van der Waals surface area contributed by atoms with Crippen LogP contribution in [-0.2, 0) is 4.79 Å². The van der Waals surface area contributed by atoms with E-state index in [1.165, 1.54) is 6.07 Å². The van der Waals surface area contributed by atoms with Crippen molar-refractivity contribution < 1.29 is 14.3 Å². The first-order valence-electron chi connectivity index (χ1n) is 4.73. The van der Waals surface area contributed by atoms with Crippen molar-refractivity contribution in [3.8, 4) is 0 Å². The molecule has 0 amide bonds. The number of hydrogen-bond donors (Lipinski definition) is 2. The number of hydrogen-bond acceptors (Lipinski definition) is 2. The maximum absolute atomic E-state index is 12.9. The van der Waals surface area contributed by atoms with E-state index in [0.29, 0.717) is 12.1 Å². The van der Waals surface area contributed by atoms with Gasteiger partial charge in [-0.1, -0.05) is 6.92 Å². The maximum atomic E-state index is 12.9. The lowest BCUT2D eigenvalue weighted by atomic mass is 10.1. The summed E-state index contributed by atoms with van der Waals surface area (Å²) in [6, 6.07) is 4.61. The number of carboxylic acid groups (broad SMARTS) is 1. The van der Waals surface area contributed by atoms with Crippen molar-refractivity contribution in [3.05, 3.63) is 29.6 Å². The van der Waals surface area contributed by atoms with E-state index in [0.717, 1.165) is 5.69 Å². The highest BCUT2D eigenvalue weighted by Gasteiger charge is 2.10. The van der Waals surface area contributed by atoms with Crippen molar-refractivity contribution >= 4 is 11.7 Å². The largest absolute Gasteiger partial charge is 0.481 e. The molecule has 2 N–H and O–H groups in total. The number of carboxylic acids is 1. The molecule has 0 aliphatic heterocycles. The van der Waals surface area contributed by atoms with Crippen LogP contribution in [0.5, 0.6) is 0 Å². The van der Waals surface area contributed by atoms with Gasteiger partial charge < -0.3 is 10.4 Å². The van der Waals surface area contributed by atoms with E-state index in [4.69, 9.17) is 5.11 Å². The third kappa shape index (κ3) is 3.23. The van der Waals surface area contributed by atoms with Gasteiger partial charge >= 0.3 is 5.97 Å². The normalized spacial score (nSPS) is 12.2. The molecule has 1 atom stereocenters. The van der Waals surface area contributed by atoms with E-state index in [-0.39, 0.29) is 5.82 Å². The van der Waals surface area contributed by atoms with Crippen LogP contribution in [0.25, 0.3) is 0 Å². The smallest absolute Gasteiger partial charge is 0.308 e. The van der Waals surface area contributed by atoms with E-state index in [2.05, 4.69) is 5.32 Å². The first-order valence-corrected chi connectivity index (χ1v) is 4.73. The van der Waals surface area contributed by atoms with Crippen molar-refractivity contribution in [1.82, 2.24) is 0 Å². The Labute approximate surface area is 87.9 Å². The Kier molecular flexibility index (Phi) is 3.66. The van der Waals surface area contributed by atoms with Gasteiger partial charge in [-0.15, -0.1) is 0 Å².